The number of likely N-dealkylation sites (N-methyl/N-ethyl adjacent to an activating group) is 1. The van der Waals surface area contributed by atoms with Gasteiger partial charge in [-0.05, 0) is 30.7 Å². The first-order valence-electron chi connectivity index (χ1n) is 7.45. The third-order valence-corrected chi connectivity index (χ3v) is 3.76. The fourth-order valence-electron chi connectivity index (χ4n) is 2.13. The van der Waals surface area contributed by atoms with Crippen molar-refractivity contribution in [3.63, 3.8) is 0 Å². The van der Waals surface area contributed by atoms with Gasteiger partial charge in [0.25, 0.3) is 5.91 Å². The van der Waals surface area contributed by atoms with Crippen LogP contribution in [0.4, 0.5) is 4.39 Å². The van der Waals surface area contributed by atoms with Crippen molar-refractivity contribution in [1.29, 1.82) is 0 Å². The molecule has 0 aliphatic carbocycles. The van der Waals surface area contributed by atoms with Gasteiger partial charge in [0.15, 0.2) is 6.61 Å². The molecule has 2 aromatic carbocycles. The Morgan fingerprint density at radius 2 is 1.88 bits per heavy atom. The van der Waals surface area contributed by atoms with Crippen LogP contribution in [0.1, 0.15) is 22.8 Å². The molecule has 4 nitrogen and oxygen atoms in total. The third-order valence-electron chi connectivity index (χ3n) is 3.43. The van der Waals surface area contributed by atoms with Gasteiger partial charge in [-0.3, -0.25) is 4.79 Å². The van der Waals surface area contributed by atoms with Gasteiger partial charge in [-0.1, -0.05) is 41.9 Å². The van der Waals surface area contributed by atoms with Crippen LogP contribution in [0.5, 0.6) is 0 Å². The molecule has 0 fully saturated rings. The minimum absolute atomic E-state index is 0.0745. The van der Waals surface area contributed by atoms with Gasteiger partial charge in [0.05, 0.1) is 10.6 Å². The average molecular weight is 350 g/mol. The Balaban J connectivity index is 1.95. The number of carbonyl (C=O) groups is 2. The van der Waals surface area contributed by atoms with E-state index in [0.717, 1.165) is 17.7 Å². The van der Waals surface area contributed by atoms with Crippen LogP contribution in [0.2, 0.25) is 5.02 Å². The lowest BCUT2D eigenvalue weighted by Gasteiger charge is -2.21. The Bertz CT molecular complexity index is 721. The van der Waals surface area contributed by atoms with E-state index >= 15 is 0 Å². The van der Waals surface area contributed by atoms with Gasteiger partial charge < -0.3 is 9.64 Å². The Kier molecular flexibility index (Phi) is 6.32. The van der Waals surface area contributed by atoms with E-state index in [4.69, 9.17) is 16.3 Å². The summed E-state index contributed by atoms with van der Waals surface area (Å²) in [5.41, 5.74) is 0.878. The lowest BCUT2D eigenvalue weighted by Crippen LogP contribution is -2.34. The van der Waals surface area contributed by atoms with E-state index in [0.29, 0.717) is 13.1 Å². The summed E-state index contributed by atoms with van der Waals surface area (Å²) < 4.78 is 18.2. The van der Waals surface area contributed by atoms with E-state index in [1.54, 1.807) is 4.90 Å². The van der Waals surface area contributed by atoms with E-state index in [-0.39, 0.29) is 16.5 Å². The van der Waals surface area contributed by atoms with Crippen LogP contribution < -0.4 is 0 Å². The monoisotopic (exact) mass is 349 g/mol. The molecule has 2 rings (SSSR count). The zero-order valence-electron chi connectivity index (χ0n) is 13.2. The molecule has 1 amide bonds. The Morgan fingerprint density at radius 3 is 2.54 bits per heavy atom. The van der Waals surface area contributed by atoms with Crippen molar-refractivity contribution >= 4 is 23.5 Å². The number of rotatable bonds is 6. The number of nitrogens with zero attached hydrogens (tertiary/aromatic N) is 1. The van der Waals surface area contributed by atoms with Gasteiger partial charge in [-0.15, -0.1) is 0 Å². The molecule has 126 valence electrons. The highest BCUT2D eigenvalue weighted by atomic mass is 35.5. The molecule has 6 heteroatoms. The van der Waals surface area contributed by atoms with E-state index < -0.39 is 18.4 Å². The van der Waals surface area contributed by atoms with Crippen molar-refractivity contribution < 1.29 is 18.7 Å². The molecule has 0 aromatic heterocycles. The summed E-state index contributed by atoms with van der Waals surface area (Å²) >= 11 is 5.84. The maximum absolute atomic E-state index is 13.2. The summed E-state index contributed by atoms with van der Waals surface area (Å²) in [5.74, 6) is -1.76. The van der Waals surface area contributed by atoms with Crippen LogP contribution >= 0.6 is 11.6 Å². The number of carbonyl (C=O) groups excluding carboxylic acids is 2. The summed E-state index contributed by atoms with van der Waals surface area (Å²) in [5, 5.41) is 0.0745. The molecule has 2 aromatic rings. The predicted molar refractivity (Wildman–Crippen MR) is 89.2 cm³/mol. The number of esters is 1. The fourth-order valence-corrected chi connectivity index (χ4v) is 2.33. The summed E-state index contributed by atoms with van der Waals surface area (Å²) in [6.45, 7) is 2.32. The molecule has 0 unspecified atom stereocenters. The van der Waals surface area contributed by atoms with Gasteiger partial charge in [0.2, 0.25) is 0 Å². The smallest absolute Gasteiger partial charge is 0.340 e. The highest BCUT2D eigenvalue weighted by Gasteiger charge is 2.17. The van der Waals surface area contributed by atoms with Gasteiger partial charge in [0.1, 0.15) is 5.82 Å². The van der Waals surface area contributed by atoms with Crippen LogP contribution in [0.15, 0.2) is 48.5 Å². The second kappa shape index (κ2) is 8.45. The molecule has 0 aliphatic rings. The molecule has 0 bridgehead atoms. The number of hydrogen-bond donors (Lipinski definition) is 0. The Morgan fingerprint density at radius 1 is 1.17 bits per heavy atom. The summed E-state index contributed by atoms with van der Waals surface area (Å²) in [4.78, 5) is 25.7. The Hall–Kier alpha value is -2.40. The molecule has 0 atom stereocenters. The number of hydrogen-bond acceptors (Lipinski definition) is 3. The summed E-state index contributed by atoms with van der Waals surface area (Å²) in [6.07, 6.45) is 0. The van der Waals surface area contributed by atoms with Crippen LogP contribution in [0.25, 0.3) is 0 Å². The summed E-state index contributed by atoms with van der Waals surface area (Å²) in [6, 6.07) is 12.9. The van der Waals surface area contributed by atoms with E-state index in [2.05, 4.69) is 0 Å². The zero-order valence-corrected chi connectivity index (χ0v) is 13.9. The minimum Gasteiger partial charge on any atom is -0.452 e. The molecule has 0 saturated carbocycles. The van der Waals surface area contributed by atoms with Crippen molar-refractivity contribution in [3.05, 3.63) is 70.5 Å². The van der Waals surface area contributed by atoms with Gasteiger partial charge in [-0.2, -0.15) is 0 Å². The van der Waals surface area contributed by atoms with Crippen molar-refractivity contribution in [2.45, 2.75) is 13.5 Å². The first-order valence-corrected chi connectivity index (χ1v) is 7.83. The van der Waals surface area contributed by atoms with Crippen molar-refractivity contribution in [2.24, 2.45) is 0 Å². The van der Waals surface area contributed by atoms with Crippen LogP contribution in [0.3, 0.4) is 0 Å². The second-order valence-corrected chi connectivity index (χ2v) is 5.50. The predicted octanol–water partition coefficient (Wildman–Crippen LogP) is 3.68. The minimum atomic E-state index is -0.830. The summed E-state index contributed by atoms with van der Waals surface area (Å²) in [7, 11) is 0. The van der Waals surface area contributed by atoms with Gasteiger partial charge in [0, 0.05) is 13.1 Å². The lowest BCUT2D eigenvalue weighted by atomic mass is 10.2. The molecule has 0 N–H and O–H groups in total. The van der Waals surface area contributed by atoms with Gasteiger partial charge >= 0.3 is 5.97 Å². The van der Waals surface area contributed by atoms with Crippen LogP contribution in [-0.2, 0) is 16.1 Å². The first-order chi connectivity index (χ1) is 11.5. The highest BCUT2D eigenvalue weighted by Crippen LogP contribution is 2.18. The maximum Gasteiger partial charge on any atom is 0.340 e. The molecular weight excluding hydrogens is 333 g/mol. The number of benzene rings is 2. The average Bonchev–Trinajstić information content (AvgIpc) is 2.60. The molecule has 0 heterocycles. The van der Waals surface area contributed by atoms with Crippen LogP contribution in [0, 0.1) is 5.82 Å². The Labute approximate surface area is 144 Å². The second-order valence-electron chi connectivity index (χ2n) is 5.09. The highest BCUT2D eigenvalue weighted by molar-refractivity contribution is 6.33. The van der Waals surface area contributed by atoms with Crippen LogP contribution in [-0.4, -0.2) is 29.9 Å². The number of amides is 1. The van der Waals surface area contributed by atoms with E-state index in [1.165, 1.54) is 6.07 Å². The molecule has 24 heavy (non-hydrogen) atoms. The van der Waals surface area contributed by atoms with E-state index in [9.17, 15) is 14.0 Å². The first kappa shape index (κ1) is 17.9. The lowest BCUT2D eigenvalue weighted by molar-refractivity contribution is -0.134. The molecule has 0 aliphatic heterocycles. The van der Waals surface area contributed by atoms with Crippen molar-refractivity contribution in [2.75, 3.05) is 13.2 Å². The third kappa shape index (κ3) is 4.80. The van der Waals surface area contributed by atoms with E-state index in [1.807, 2.05) is 37.3 Å². The largest absolute Gasteiger partial charge is 0.452 e. The normalized spacial score (nSPS) is 10.3. The number of ether oxygens (including phenoxy) is 1. The molecule has 0 saturated heterocycles. The van der Waals surface area contributed by atoms with Crippen molar-refractivity contribution in [1.82, 2.24) is 4.90 Å². The molecular formula is C18H17ClFNO3. The zero-order chi connectivity index (χ0) is 17.5. The SMILES string of the molecule is CCN(Cc1ccccc1)C(=O)COC(=O)c1cc(F)ccc1Cl. The standard InChI is InChI=1S/C18H17ClFNO3/c1-2-21(11-13-6-4-3-5-7-13)17(22)12-24-18(23)15-10-14(20)8-9-16(15)19/h3-10H,2,11-12H2,1H3. The fraction of sp³-hybridized carbons (Fsp3) is 0.222. The molecule has 0 spiro atoms. The molecule has 0 radical (unpaired) electrons. The maximum atomic E-state index is 13.2. The van der Waals surface area contributed by atoms with Gasteiger partial charge in [-0.25, -0.2) is 9.18 Å². The number of halogens is 2. The van der Waals surface area contributed by atoms with Crippen molar-refractivity contribution in [3.8, 4) is 0 Å². The quantitative estimate of drug-likeness (QED) is 0.747. The topological polar surface area (TPSA) is 46.6 Å².